The van der Waals surface area contributed by atoms with Crippen LogP contribution in [-0.2, 0) is 0 Å². The smallest absolute Gasteiger partial charge is 0.200 e. The zero-order valence-electron chi connectivity index (χ0n) is 14.7. The molecule has 4 N–H and O–H groups in total. The Hall–Kier alpha value is -3.58. The summed E-state index contributed by atoms with van der Waals surface area (Å²) >= 11 is 0. The third-order valence-electron chi connectivity index (χ3n) is 4.38. The molecule has 0 bridgehead atoms. The molecule has 32 heavy (non-hydrogen) atoms. The molecule has 0 radical (unpaired) electrons. The number of halogens is 12. The Morgan fingerprint density at radius 1 is 0.250 bits per heavy atom. The van der Waals surface area contributed by atoms with E-state index in [9.17, 15) is 52.7 Å². The van der Waals surface area contributed by atoms with E-state index in [1.807, 2.05) is 0 Å². The lowest BCUT2D eigenvalue weighted by molar-refractivity contribution is 0.380. The van der Waals surface area contributed by atoms with E-state index < -0.39 is 103 Å². The third kappa shape index (κ3) is 2.92. The quantitative estimate of drug-likeness (QED) is 0.211. The van der Waals surface area contributed by atoms with E-state index in [1.54, 1.807) is 0 Å². The van der Waals surface area contributed by atoms with Crippen LogP contribution in [0.3, 0.4) is 0 Å². The van der Waals surface area contributed by atoms with Gasteiger partial charge in [-0.15, -0.1) is 0 Å². The summed E-state index contributed by atoms with van der Waals surface area (Å²) in [7, 11) is 0. The van der Waals surface area contributed by atoms with Gasteiger partial charge >= 0.3 is 0 Å². The van der Waals surface area contributed by atoms with Crippen LogP contribution in [0.4, 0.5) is 64.1 Å². The average Bonchev–Trinajstić information content (AvgIpc) is 2.76. The van der Waals surface area contributed by atoms with Gasteiger partial charge < -0.3 is 11.5 Å². The minimum Gasteiger partial charge on any atom is -0.396 e. The number of hydrogen-bond donors (Lipinski definition) is 2. The van der Waals surface area contributed by atoms with Gasteiger partial charge in [0.1, 0.15) is 0 Å². The standard InChI is InChI=1S/C18H4F12N2/c19-5-1(6(20)12(26)15(29)11(5)25)3-9(23)10(24)4(18(32)17(3)31)2-7(21)13(27)16(30)14(28)8(2)22/h31-32H2. The van der Waals surface area contributed by atoms with Crippen molar-refractivity contribution in [3.63, 3.8) is 0 Å². The molecule has 0 aromatic heterocycles. The molecule has 0 aliphatic carbocycles. The molecular weight excluding hydrogens is 472 g/mol. The largest absolute Gasteiger partial charge is 0.396 e. The molecule has 2 nitrogen and oxygen atoms in total. The fraction of sp³-hybridized carbons (Fsp3) is 0. The maximum atomic E-state index is 14.7. The van der Waals surface area contributed by atoms with Crippen molar-refractivity contribution in [1.82, 2.24) is 0 Å². The summed E-state index contributed by atoms with van der Waals surface area (Å²) in [5, 5.41) is 0. The number of anilines is 2. The molecule has 3 aromatic rings. The molecule has 0 saturated carbocycles. The highest BCUT2D eigenvalue weighted by molar-refractivity contribution is 5.95. The van der Waals surface area contributed by atoms with Gasteiger partial charge in [-0.25, -0.2) is 52.7 Å². The van der Waals surface area contributed by atoms with Gasteiger partial charge in [-0.05, 0) is 0 Å². The first-order valence-corrected chi connectivity index (χ1v) is 7.85. The van der Waals surface area contributed by atoms with Crippen LogP contribution in [0.25, 0.3) is 22.3 Å². The SMILES string of the molecule is Nc1c(N)c(-c2c(F)c(F)c(F)c(F)c2F)c(F)c(F)c1-c1c(F)c(F)c(F)c(F)c1F. The van der Waals surface area contributed by atoms with Gasteiger partial charge in [0.05, 0.1) is 33.6 Å². The van der Waals surface area contributed by atoms with Crippen molar-refractivity contribution in [2.75, 3.05) is 11.5 Å². The highest BCUT2D eigenvalue weighted by Crippen LogP contribution is 2.46. The first kappa shape index (κ1) is 23.1. The summed E-state index contributed by atoms with van der Waals surface area (Å²) < 4.78 is 166. The zero-order chi connectivity index (χ0) is 24.4. The van der Waals surface area contributed by atoms with Crippen LogP contribution >= 0.6 is 0 Å². The molecule has 0 amide bonds. The first-order chi connectivity index (χ1) is 14.7. The van der Waals surface area contributed by atoms with Gasteiger partial charge in [-0.3, -0.25) is 0 Å². The molecule has 0 aliphatic rings. The molecule has 3 aromatic carbocycles. The van der Waals surface area contributed by atoms with Gasteiger partial charge in [0.2, 0.25) is 11.6 Å². The van der Waals surface area contributed by atoms with Crippen molar-refractivity contribution in [2.45, 2.75) is 0 Å². The van der Waals surface area contributed by atoms with Gasteiger partial charge in [-0.1, -0.05) is 0 Å². The second-order valence-corrected chi connectivity index (χ2v) is 6.10. The summed E-state index contributed by atoms with van der Waals surface area (Å²) in [4.78, 5) is 0. The van der Waals surface area contributed by atoms with E-state index in [2.05, 4.69) is 0 Å². The minimum atomic E-state index is -2.67. The number of nitrogens with two attached hydrogens (primary N) is 2. The Morgan fingerprint density at radius 3 is 0.625 bits per heavy atom. The fourth-order valence-electron chi connectivity index (χ4n) is 2.86. The molecule has 0 saturated heterocycles. The Bertz CT molecular complexity index is 1130. The molecule has 0 spiro atoms. The molecule has 0 fully saturated rings. The molecule has 14 heteroatoms. The summed E-state index contributed by atoms with van der Waals surface area (Å²) in [6.07, 6.45) is 0. The van der Waals surface area contributed by atoms with E-state index in [0.717, 1.165) is 0 Å². The lowest BCUT2D eigenvalue weighted by atomic mass is 9.93. The summed E-state index contributed by atoms with van der Waals surface area (Å²) in [5.74, 6) is -31.4. The Kier molecular flexibility index (Phi) is 5.43. The summed E-state index contributed by atoms with van der Waals surface area (Å²) in [5.41, 5.74) is -0.332. The van der Waals surface area contributed by atoms with Crippen molar-refractivity contribution < 1.29 is 52.7 Å². The van der Waals surface area contributed by atoms with Crippen molar-refractivity contribution in [1.29, 1.82) is 0 Å². The van der Waals surface area contributed by atoms with Crippen LogP contribution in [0.5, 0.6) is 0 Å². The molecular formula is C18H4F12N2. The average molecular weight is 476 g/mol. The van der Waals surface area contributed by atoms with Crippen molar-refractivity contribution in [3.05, 3.63) is 69.8 Å². The van der Waals surface area contributed by atoms with Crippen LogP contribution in [0.1, 0.15) is 0 Å². The van der Waals surface area contributed by atoms with Gasteiger partial charge in [-0.2, -0.15) is 0 Å². The fourth-order valence-corrected chi connectivity index (χ4v) is 2.86. The molecule has 170 valence electrons. The third-order valence-corrected chi connectivity index (χ3v) is 4.38. The molecule has 0 unspecified atom stereocenters. The lowest BCUT2D eigenvalue weighted by Crippen LogP contribution is -2.12. The topological polar surface area (TPSA) is 52.0 Å². The Balaban J connectivity index is 2.50. The Morgan fingerprint density at radius 2 is 0.406 bits per heavy atom. The zero-order valence-corrected chi connectivity index (χ0v) is 14.7. The number of rotatable bonds is 2. The number of hydrogen-bond acceptors (Lipinski definition) is 2. The van der Waals surface area contributed by atoms with Crippen molar-refractivity contribution in [3.8, 4) is 22.3 Å². The predicted molar refractivity (Wildman–Crippen MR) is 85.6 cm³/mol. The van der Waals surface area contributed by atoms with Crippen LogP contribution < -0.4 is 11.5 Å². The summed E-state index contributed by atoms with van der Waals surface area (Å²) in [6, 6.07) is 0. The molecule has 0 heterocycles. The van der Waals surface area contributed by atoms with Gasteiger partial charge in [0.25, 0.3) is 0 Å². The first-order valence-electron chi connectivity index (χ1n) is 7.85. The predicted octanol–water partition coefficient (Wildman–Crippen LogP) is 5.85. The van der Waals surface area contributed by atoms with E-state index in [0.29, 0.717) is 0 Å². The molecule has 0 aliphatic heterocycles. The van der Waals surface area contributed by atoms with Crippen LogP contribution in [-0.4, -0.2) is 0 Å². The maximum Gasteiger partial charge on any atom is 0.200 e. The van der Waals surface area contributed by atoms with Gasteiger partial charge in [0.15, 0.2) is 58.2 Å². The highest BCUT2D eigenvalue weighted by Gasteiger charge is 2.36. The maximum absolute atomic E-state index is 14.7. The highest BCUT2D eigenvalue weighted by atomic mass is 19.2. The van der Waals surface area contributed by atoms with E-state index in [1.165, 1.54) is 0 Å². The van der Waals surface area contributed by atoms with E-state index >= 15 is 0 Å². The second kappa shape index (κ2) is 7.53. The summed E-state index contributed by atoms with van der Waals surface area (Å²) in [6.45, 7) is 0. The normalized spacial score (nSPS) is 11.4. The molecule has 0 atom stereocenters. The minimum absolute atomic E-state index is 1.52. The van der Waals surface area contributed by atoms with Gasteiger partial charge in [0, 0.05) is 0 Å². The van der Waals surface area contributed by atoms with Crippen LogP contribution in [0, 0.1) is 69.8 Å². The monoisotopic (exact) mass is 476 g/mol. The number of benzene rings is 3. The second-order valence-electron chi connectivity index (χ2n) is 6.10. The van der Waals surface area contributed by atoms with E-state index in [4.69, 9.17) is 11.5 Å². The van der Waals surface area contributed by atoms with Crippen LogP contribution in [0.2, 0.25) is 0 Å². The van der Waals surface area contributed by atoms with E-state index in [-0.39, 0.29) is 0 Å². The number of nitrogen functional groups attached to an aromatic ring is 2. The Labute approximate surface area is 168 Å². The van der Waals surface area contributed by atoms with Crippen molar-refractivity contribution in [2.24, 2.45) is 0 Å². The van der Waals surface area contributed by atoms with Crippen LogP contribution in [0.15, 0.2) is 0 Å². The molecule has 3 rings (SSSR count). The van der Waals surface area contributed by atoms with Crippen molar-refractivity contribution >= 4 is 11.4 Å². The lowest BCUT2D eigenvalue weighted by Gasteiger charge is -2.18.